The van der Waals surface area contributed by atoms with E-state index < -0.39 is 0 Å². The number of nitrogen functional groups attached to an aromatic ring is 1. The van der Waals surface area contributed by atoms with E-state index in [1.54, 1.807) is 6.92 Å². The van der Waals surface area contributed by atoms with E-state index in [0.29, 0.717) is 0 Å². The van der Waals surface area contributed by atoms with Crippen molar-refractivity contribution in [3.63, 3.8) is 0 Å². The van der Waals surface area contributed by atoms with Gasteiger partial charge in [0.05, 0.1) is 0 Å². The van der Waals surface area contributed by atoms with Gasteiger partial charge in [0.25, 0.3) is 0 Å². The van der Waals surface area contributed by atoms with Crippen molar-refractivity contribution in [1.29, 1.82) is 0 Å². The van der Waals surface area contributed by atoms with Gasteiger partial charge in [0, 0.05) is 18.4 Å². The normalized spacial score (nSPS) is 10.6. The average Bonchev–Trinajstić information content (AvgIpc) is 2.28. The van der Waals surface area contributed by atoms with Crippen LogP contribution in [0.15, 0.2) is 30.3 Å². The summed E-state index contributed by atoms with van der Waals surface area (Å²) in [5.41, 5.74) is 4.59. The number of anilines is 1. The standard InChI is InChI=1S/C12H16N2OS/c1-10(15)16-8-3-2-5-11-6-4-7-12(9-11)14-13/h2,4-7,9,14H,3,8,13H2,1H3. The van der Waals surface area contributed by atoms with E-state index in [1.165, 1.54) is 11.8 Å². The van der Waals surface area contributed by atoms with Gasteiger partial charge in [-0.05, 0) is 24.1 Å². The zero-order chi connectivity index (χ0) is 11.8. The van der Waals surface area contributed by atoms with Crippen LogP contribution in [0, 0.1) is 0 Å². The number of carbonyl (C=O) groups is 1. The Morgan fingerprint density at radius 1 is 1.56 bits per heavy atom. The van der Waals surface area contributed by atoms with E-state index in [2.05, 4.69) is 11.5 Å². The number of thioether (sulfide) groups is 1. The lowest BCUT2D eigenvalue weighted by Crippen LogP contribution is -2.06. The van der Waals surface area contributed by atoms with Crippen LogP contribution in [0.1, 0.15) is 18.9 Å². The van der Waals surface area contributed by atoms with Crippen LogP contribution in [-0.4, -0.2) is 10.9 Å². The topological polar surface area (TPSA) is 55.1 Å². The first-order valence-electron chi connectivity index (χ1n) is 5.09. The highest BCUT2D eigenvalue weighted by atomic mass is 32.2. The van der Waals surface area contributed by atoms with Gasteiger partial charge in [-0.3, -0.25) is 10.6 Å². The number of benzene rings is 1. The smallest absolute Gasteiger partial charge is 0.185 e. The molecule has 86 valence electrons. The number of allylic oxidation sites excluding steroid dienone is 1. The molecule has 0 aliphatic rings. The van der Waals surface area contributed by atoms with E-state index in [1.807, 2.05) is 30.3 Å². The van der Waals surface area contributed by atoms with Crippen molar-refractivity contribution in [3.8, 4) is 0 Å². The molecule has 0 bridgehead atoms. The zero-order valence-electron chi connectivity index (χ0n) is 9.27. The summed E-state index contributed by atoms with van der Waals surface area (Å²) in [6.45, 7) is 1.59. The fraction of sp³-hybridized carbons (Fsp3) is 0.250. The molecular formula is C12H16N2OS. The first-order valence-corrected chi connectivity index (χ1v) is 6.07. The molecule has 1 rings (SSSR count). The van der Waals surface area contributed by atoms with Crippen LogP contribution in [0.4, 0.5) is 5.69 Å². The van der Waals surface area contributed by atoms with Crippen molar-refractivity contribution >= 4 is 28.6 Å². The van der Waals surface area contributed by atoms with Crippen molar-refractivity contribution < 1.29 is 4.79 Å². The molecule has 4 heteroatoms. The molecule has 1 aromatic rings. The maximum Gasteiger partial charge on any atom is 0.185 e. The molecule has 16 heavy (non-hydrogen) atoms. The van der Waals surface area contributed by atoms with E-state index in [4.69, 9.17) is 5.84 Å². The number of nitrogens with one attached hydrogen (secondary N) is 1. The van der Waals surface area contributed by atoms with Crippen LogP contribution in [0.2, 0.25) is 0 Å². The molecule has 0 aromatic heterocycles. The third-order valence-corrected chi connectivity index (χ3v) is 2.80. The quantitative estimate of drug-likeness (QED) is 0.469. The molecule has 3 N–H and O–H groups in total. The Kier molecular flexibility index (Phi) is 5.67. The highest BCUT2D eigenvalue weighted by Crippen LogP contribution is 2.11. The van der Waals surface area contributed by atoms with Crippen LogP contribution in [0.25, 0.3) is 6.08 Å². The average molecular weight is 236 g/mol. The van der Waals surface area contributed by atoms with Gasteiger partial charge in [-0.2, -0.15) is 0 Å². The highest BCUT2D eigenvalue weighted by Gasteiger charge is 1.92. The van der Waals surface area contributed by atoms with Crippen LogP contribution in [0.3, 0.4) is 0 Å². The van der Waals surface area contributed by atoms with Gasteiger partial charge in [-0.15, -0.1) is 0 Å². The van der Waals surface area contributed by atoms with Gasteiger partial charge in [-0.25, -0.2) is 0 Å². The summed E-state index contributed by atoms with van der Waals surface area (Å²) in [4.78, 5) is 10.7. The predicted molar refractivity (Wildman–Crippen MR) is 71.0 cm³/mol. The fourth-order valence-electron chi connectivity index (χ4n) is 1.22. The Labute approximate surface area is 100 Å². The predicted octanol–water partition coefficient (Wildman–Crippen LogP) is 2.66. The second-order valence-electron chi connectivity index (χ2n) is 3.30. The number of hydrogen-bond acceptors (Lipinski definition) is 4. The van der Waals surface area contributed by atoms with Crippen molar-refractivity contribution in [3.05, 3.63) is 35.9 Å². The molecule has 1 aromatic carbocycles. The van der Waals surface area contributed by atoms with E-state index in [0.717, 1.165) is 23.4 Å². The van der Waals surface area contributed by atoms with Gasteiger partial charge in [0.2, 0.25) is 0 Å². The minimum atomic E-state index is 0.169. The Hall–Kier alpha value is -1.26. The summed E-state index contributed by atoms with van der Waals surface area (Å²) in [5.74, 6) is 6.15. The van der Waals surface area contributed by atoms with Gasteiger partial charge in [0.15, 0.2) is 5.12 Å². The van der Waals surface area contributed by atoms with Crippen LogP contribution in [-0.2, 0) is 4.79 Å². The third kappa shape index (κ3) is 5.00. The lowest BCUT2D eigenvalue weighted by molar-refractivity contribution is -0.109. The van der Waals surface area contributed by atoms with E-state index in [-0.39, 0.29) is 5.12 Å². The first-order chi connectivity index (χ1) is 7.72. The van der Waals surface area contributed by atoms with Crippen molar-refractivity contribution in [2.45, 2.75) is 13.3 Å². The molecule has 0 unspecified atom stereocenters. The number of rotatable bonds is 5. The monoisotopic (exact) mass is 236 g/mol. The molecule has 0 amide bonds. The Bertz CT molecular complexity index is 377. The number of nitrogens with two attached hydrogens (primary N) is 1. The molecular weight excluding hydrogens is 220 g/mol. The van der Waals surface area contributed by atoms with Gasteiger partial charge in [-0.1, -0.05) is 36.0 Å². The molecule has 0 saturated carbocycles. The summed E-state index contributed by atoms with van der Waals surface area (Å²) in [6, 6.07) is 7.83. The van der Waals surface area contributed by atoms with Crippen molar-refractivity contribution in [2.75, 3.05) is 11.2 Å². The lowest BCUT2D eigenvalue weighted by Gasteiger charge is -2.00. The SMILES string of the molecule is CC(=O)SCCC=Cc1cccc(NN)c1. The summed E-state index contributed by atoms with van der Waals surface area (Å²) < 4.78 is 0. The summed E-state index contributed by atoms with van der Waals surface area (Å²) in [5, 5.41) is 0.169. The summed E-state index contributed by atoms with van der Waals surface area (Å²) >= 11 is 1.35. The minimum absolute atomic E-state index is 0.169. The van der Waals surface area contributed by atoms with Crippen LogP contribution in [0.5, 0.6) is 0 Å². The molecule has 0 spiro atoms. The van der Waals surface area contributed by atoms with Crippen molar-refractivity contribution in [1.82, 2.24) is 0 Å². The first kappa shape index (κ1) is 12.8. The Balaban J connectivity index is 2.40. The maximum atomic E-state index is 10.7. The number of carbonyl (C=O) groups excluding carboxylic acids is 1. The molecule has 0 heterocycles. The number of hydrogen-bond donors (Lipinski definition) is 2. The molecule has 3 nitrogen and oxygen atoms in total. The van der Waals surface area contributed by atoms with E-state index >= 15 is 0 Å². The fourth-order valence-corrected chi connectivity index (χ4v) is 1.76. The van der Waals surface area contributed by atoms with Gasteiger partial charge < -0.3 is 5.43 Å². The summed E-state index contributed by atoms with van der Waals surface area (Å²) in [7, 11) is 0. The Morgan fingerprint density at radius 2 is 2.38 bits per heavy atom. The second kappa shape index (κ2) is 7.09. The lowest BCUT2D eigenvalue weighted by atomic mass is 10.2. The largest absolute Gasteiger partial charge is 0.324 e. The third-order valence-electron chi connectivity index (χ3n) is 1.95. The highest BCUT2D eigenvalue weighted by molar-refractivity contribution is 8.13. The molecule has 0 aliphatic carbocycles. The number of hydrazine groups is 1. The van der Waals surface area contributed by atoms with Crippen molar-refractivity contribution in [2.24, 2.45) is 5.84 Å². The Morgan fingerprint density at radius 3 is 3.06 bits per heavy atom. The van der Waals surface area contributed by atoms with Gasteiger partial charge in [0.1, 0.15) is 0 Å². The molecule has 0 aliphatic heterocycles. The maximum absolute atomic E-state index is 10.7. The van der Waals surface area contributed by atoms with Gasteiger partial charge >= 0.3 is 0 Å². The van der Waals surface area contributed by atoms with Crippen LogP contribution < -0.4 is 11.3 Å². The second-order valence-corrected chi connectivity index (χ2v) is 4.57. The summed E-state index contributed by atoms with van der Waals surface area (Å²) in [6.07, 6.45) is 4.98. The molecule has 0 atom stereocenters. The van der Waals surface area contributed by atoms with E-state index in [9.17, 15) is 4.79 Å². The minimum Gasteiger partial charge on any atom is -0.324 e. The molecule has 0 fully saturated rings. The molecule has 0 saturated heterocycles. The zero-order valence-corrected chi connectivity index (χ0v) is 10.1. The molecule has 0 radical (unpaired) electrons. The van der Waals surface area contributed by atoms with Crippen LogP contribution >= 0.6 is 11.8 Å².